The molecule has 0 aliphatic heterocycles. The van der Waals surface area contributed by atoms with Gasteiger partial charge in [0.1, 0.15) is 12.4 Å². The highest BCUT2D eigenvalue weighted by molar-refractivity contribution is 5.90. The van der Waals surface area contributed by atoms with Gasteiger partial charge in [-0.25, -0.2) is 0 Å². The third-order valence-electron chi connectivity index (χ3n) is 8.38. The summed E-state index contributed by atoms with van der Waals surface area (Å²) in [6.45, 7) is 2.66. The van der Waals surface area contributed by atoms with E-state index in [0.29, 0.717) is 30.6 Å². The zero-order chi connectivity index (χ0) is 24.2. The van der Waals surface area contributed by atoms with Crippen molar-refractivity contribution in [2.45, 2.75) is 64.0 Å². The lowest BCUT2D eigenvalue weighted by atomic mass is 9.46. The molecule has 3 aromatic rings. The summed E-state index contributed by atoms with van der Waals surface area (Å²) >= 11 is 0. The minimum atomic E-state index is -0.383. The Kier molecular flexibility index (Phi) is 5.05. The second kappa shape index (κ2) is 8.03. The summed E-state index contributed by atoms with van der Waals surface area (Å²) in [6.07, 6.45) is 9.51. The third-order valence-corrected chi connectivity index (χ3v) is 8.38. The van der Waals surface area contributed by atoms with Crippen LogP contribution in [0.5, 0.6) is 0 Å². The van der Waals surface area contributed by atoms with Gasteiger partial charge >= 0.3 is 5.69 Å². The van der Waals surface area contributed by atoms with Crippen LogP contribution in [-0.2, 0) is 16.9 Å². The molecule has 35 heavy (non-hydrogen) atoms. The minimum absolute atomic E-state index is 0.00194. The highest BCUT2D eigenvalue weighted by Gasteiger charge is 2.59. The Morgan fingerprint density at radius 2 is 1.94 bits per heavy atom. The maximum atomic E-state index is 13.2. The Bertz CT molecular complexity index is 1270. The van der Waals surface area contributed by atoms with Gasteiger partial charge in [0, 0.05) is 18.2 Å². The van der Waals surface area contributed by atoms with Gasteiger partial charge in [-0.2, -0.15) is 10.2 Å². The summed E-state index contributed by atoms with van der Waals surface area (Å²) in [5.41, 5.74) is 1.89. The van der Waals surface area contributed by atoms with Crippen LogP contribution in [0, 0.1) is 34.3 Å². The van der Waals surface area contributed by atoms with Crippen molar-refractivity contribution in [1.29, 1.82) is 0 Å². The Labute approximate surface area is 203 Å². The molecule has 4 fully saturated rings. The zero-order valence-corrected chi connectivity index (χ0v) is 19.9. The van der Waals surface area contributed by atoms with Crippen LogP contribution < -0.4 is 5.32 Å². The summed E-state index contributed by atoms with van der Waals surface area (Å²) in [5.74, 6) is 1.67. The van der Waals surface area contributed by atoms with Gasteiger partial charge in [-0.05, 0) is 68.3 Å². The zero-order valence-electron chi connectivity index (χ0n) is 19.9. The summed E-state index contributed by atoms with van der Waals surface area (Å²) in [5, 5.41) is 23.3. The molecule has 4 aliphatic carbocycles. The van der Waals surface area contributed by atoms with E-state index in [9.17, 15) is 14.9 Å². The quantitative estimate of drug-likeness (QED) is 0.395. The number of anilines is 1. The molecule has 9 heteroatoms. The van der Waals surface area contributed by atoms with E-state index in [0.717, 1.165) is 43.4 Å². The van der Waals surface area contributed by atoms with Crippen molar-refractivity contribution in [2.24, 2.45) is 17.3 Å². The molecule has 2 heterocycles. The Hall–Kier alpha value is -3.49. The molecule has 4 saturated carbocycles. The average molecular weight is 475 g/mol. The molecule has 7 rings (SSSR count). The first-order valence-corrected chi connectivity index (χ1v) is 12.4. The van der Waals surface area contributed by atoms with Gasteiger partial charge in [-0.15, -0.1) is 0 Å². The van der Waals surface area contributed by atoms with Crippen LogP contribution in [-0.4, -0.2) is 30.4 Å². The number of carbonyl (C=O) groups excluding carboxylic acids is 1. The summed E-state index contributed by atoms with van der Waals surface area (Å²) in [6, 6.07) is 12.1. The molecule has 2 unspecified atom stereocenters. The maximum absolute atomic E-state index is 13.2. The number of nitrogens with zero attached hydrogens (tertiary/aromatic N) is 5. The van der Waals surface area contributed by atoms with Crippen molar-refractivity contribution in [1.82, 2.24) is 19.6 Å². The fraction of sp³-hybridized carbons (Fsp3) is 0.500. The molecule has 1 N–H and O–H groups in total. The molecule has 9 nitrogen and oxygen atoms in total. The van der Waals surface area contributed by atoms with Crippen LogP contribution >= 0.6 is 0 Å². The first-order chi connectivity index (χ1) is 16.8. The molecule has 2 aromatic heterocycles. The number of amides is 1. The fourth-order valence-electron chi connectivity index (χ4n) is 7.56. The van der Waals surface area contributed by atoms with Crippen LogP contribution in [0.3, 0.4) is 0 Å². The lowest BCUT2D eigenvalue weighted by Crippen LogP contribution is -2.57. The molecule has 2 atom stereocenters. The van der Waals surface area contributed by atoms with E-state index < -0.39 is 0 Å². The van der Waals surface area contributed by atoms with Crippen molar-refractivity contribution >= 4 is 17.4 Å². The van der Waals surface area contributed by atoms with E-state index in [1.54, 1.807) is 6.20 Å². The Balaban J connectivity index is 1.18. The van der Waals surface area contributed by atoms with Crippen LogP contribution in [0.15, 0.2) is 48.8 Å². The maximum Gasteiger partial charge on any atom is 0.307 e. The summed E-state index contributed by atoms with van der Waals surface area (Å²) in [4.78, 5) is 24.1. The highest BCUT2D eigenvalue weighted by Crippen LogP contribution is 2.65. The van der Waals surface area contributed by atoms with Gasteiger partial charge in [-0.3, -0.25) is 24.3 Å². The van der Waals surface area contributed by atoms with E-state index >= 15 is 0 Å². The molecule has 0 saturated heterocycles. The van der Waals surface area contributed by atoms with Gasteiger partial charge in [0.2, 0.25) is 5.91 Å². The number of carbonyl (C=O) groups is 1. The summed E-state index contributed by atoms with van der Waals surface area (Å²) < 4.78 is 3.76. The normalized spacial score (nSPS) is 28.8. The SMILES string of the molecule is Cc1cc(NC(=O)CC23CC4CC(C2)CC(n2cc([N+](=O)[O-])cn2)(C4)C3)nn1Cc1ccccc1. The standard InChI is InChI=1S/C26H30N6O3/c1-18-7-23(29-30(18)15-19-5-3-2-4-6-19)28-24(33)13-25-9-20-8-21(10-25)12-26(11-20,17-25)31-16-22(14-27-31)32(34)35/h2-7,14,16,20-21H,8-13,15,17H2,1H3,(H,28,29,33). The van der Waals surface area contributed by atoms with Crippen LogP contribution in [0.4, 0.5) is 11.5 Å². The molecule has 4 aliphatic rings. The van der Waals surface area contributed by atoms with Gasteiger partial charge < -0.3 is 5.32 Å². The number of nitrogens with one attached hydrogen (secondary N) is 1. The summed E-state index contributed by atoms with van der Waals surface area (Å²) in [7, 11) is 0. The lowest BCUT2D eigenvalue weighted by molar-refractivity contribution is -0.385. The van der Waals surface area contributed by atoms with Crippen molar-refractivity contribution < 1.29 is 9.72 Å². The van der Waals surface area contributed by atoms with Crippen molar-refractivity contribution in [3.05, 3.63) is 70.2 Å². The molecule has 0 spiro atoms. The van der Waals surface area contributed by atoms with Crippen LogP contribution in [0.25, 0.3) is 0 Å². The molecular weight excluding hydrogens is 444 g/mol. The van der Waals surface area contributed by atoms with Crippen LogP contribution in [0.1, 0.15) is 56.2 Å². The number of aromatic nitrogens is 4. The lowest BCUT2D eigenvalue weighted by Gasteiger charge is -2.61. The number of hydrogen-bond acceptors (Lipinski definition) is 5. The first kappa shape index (κ1) is 22.0. The Morgan fingerprint density at radius 1 is 1.20 bits per heavy atom. The monoisotopic (exact) mass is 474 g/mol. The second-order valence-corrected chi connectivity index (χ2v) is 11.1. The third kappa shape index (κ3) is 4.02. The number of nitro groups is 1. The largest absolute Gasteiger partial charge is 0.309 e. The topological polar surface area (TPSA) is 108 Å². The molecule has 1 amide bonds. The second-order valence-electron chi connectivity index (χ2n) is 11.1. The van der Waals surface area contributed by atoms with Crippen LogP contribution in [0.2, 0.25) is 0 Å². The molecule has 182 valence electrons. The highest BCUT2D eigenvalue weighted by atomic mass is 16.6. The fourth-order valence-corrected chi connectivity index (χ4v) is 7.56. The molecule has 1 aromatic carbocycles. The first-order valence-electron chi connectivity index (χ1n) is 12.4. The van der Waals surface area contributed by atoms with Gasteiger partial charge in [0.25, 0.3) is 0 Å². The van der Waals surface area contributed by atoms with Gasteiger partial charge in [0.15, 0.2) is 5.82 Å². The Morgan fingerprint density at radius 3 is 2.63 bits per heavy atom. The van der Waals surface area contributed by atoms with E-state index in [2.05, 4.69) is 27.6 Å². The minimum Gasteiger partial charge on any atom is -0.309 e. The number of hydrogen-bond donors (Lipinski definition) is 1. The molecule has 0 radical (unpaired) electrons. The number of rotatable bonds is 7. The predicted octanol–water partition coefficient (Wildman–Crippen LogP) is 4.67. The number of aryl methyl sites for hydroxylation is 1. The smallest absolute Gasteiger partial charge is 0.307 e. The molecular formula is C26H30N6O3. The van der Waals surface area contributed by atoms with Gasteiger partial charge in [-0.1, -0.05) is 30.3 Å². The molecule has 4 bridgehead atoms. The van der Waals surface area contributed by atoms with Crippen molar-refractivity contribution in [2.75, 3.05) is 5.32 Å². The number of benzene rings is 1. The van der Waals surface area contributed by atoms with Crippen molar-refractivity contribution in [3.63, 3.8) is 0 Å². The predicted molar refractivity (Wildman–Crippen MR) is 130 cm³/mol. The van der Waals surface area contributed by atoms with E-state index in [4.69, 9.17) is 0 Å². The van der Waals surface area contributed by atoms with Crippen molar-refractivity contribution in [3.8, 4) is 0 Å². The van der Waals surface area contributed by atoms with E-state index in [1.807, 2.05) is 40.6 Å². The van der Waals surface area contributed by atoms with E-state index in [-0.39, 0.29) is 27.5 Å². The average Bonchev–Trinajstić information content (AvgIpc) is 3.41. The van der Waals surface area contributed by atoms with E-state index in [1.165, 1.54) is 12.6 Å². The van der Waals surface area contributed by atoms with Gasteiger partial charge in [0.05, 0.1) is 17.0 Å².